The third-order valence-electron chi connectivity index (χ3n) is 4.20. The van der Waals surface area contributed by atoms with Crippen LogP contribution in [-0.4, -0.2) is 30.1 Å². The summed E-state index contributed by atoms with van der Waals surface area (Å²) in [6.07, 6.45) is 2.15. The standard InChI is InChI=1S/C14H23N3O2S/c1-10-11(2)20-13(19)17(10)8-12(18)16-9-14(3)4-6-15-7-5-14/h15H,4-9H2,1-3H3,(H,16,18). The molecule has 0 aliphatic carbocycles. The molecule has 1 saturated heterocycles. The quantitative estimate of drug-likeness (QED) is 0.872. The minimum absolute atomic E-state index is 0.0526. The Kier molecular flexibility index (Phi) is 4.65. The first-order valence-electron chi connectivity index (χ1n) is 7.05. The summed E-state index contributed by atoms with van der Waals surface area (Å²) in [6, 6.07) is 0. The second kappa shape index (κ2) is 6.10. The molecule has 0 saturated carbocycles. The Morgan fingerprint density at radius 3 is 2.60 bits per heavy atom. The Morgan fingerprint density at radius 2 is 2.05 bits per heavy atom. The Labute approximate surface area is 123 Å². The van der Waals surface area contributed by atoms with Gasteiger partial charge in [-0.1, -0.05) is 18.3 Å². The number of nitrogens with one attached hydrogen (secondary N) is 2. The number of hydrogen-bond donors (Lipinski definition) is 2. The maximum absolute atomic E-state index is 12.0. The molecule has 1 amide bonds. The van der Waals surface area contributed by atoms with Gasteiger partial charge in [0.2, 0.25) is 5.91 Å². The summed E-state index contributed by atoms with van der Waals surface area (Å²) >= 11 is 1.20. The maximum atomic E-state index is 12.0. The minimum Gasteiger partial charge on any atom is -0.354 e. The van der Waals surface area contributed by atoms with Crippen LogP contribution >= 0.6 is 11.3 Å². The van der Waals surface area contributed by atoms with E-state index in [1.165, 1.54) is 11.3 Å². The van der Waals surface area contributed by atoms with Gasteiger partial charge < -0.3 is 10.6 Å². The van der Waals surface area contributed by atoms with E-state index in [2.05, 4.69) is 17.6 Å². The first kappa shape index (κ1) is 15.3. The Bertz CT molecular complexity index is 541. The number of amides is 1. The third kappa shape index (κ3) is 3.49. The van der Waals surface area contributed by atoms with Crippen molar-refractivity contribution in [2.24, 2.45) is 5.41 Å². The predicted molar refractivity (Wildman–Crippen MR) is 81.3 cm³/mol. The number of aromatic nitrogens is 1. The summed E-state index contributed by atoms with van der Waals surface area (Å²) in [5.74, 6) is -0.0762. The molecule has 0 spiro atoms. The highest BCUT2D eigenvalue weighted by Crippen LogP contribution is 2.26. The van der Waals surface area contributed by atoms with Crippen molar-refractivity contribution in [2.45, 2.75) is 40.2 Å². The smallest absolute Gasteiger partial charge is 0.308 e. The molecule has 0 atom stereocenters. The lowest BCUT2D eigenvalue weighted by Gasteiger charge is -2.34. The molecule has 0 bridgehead atoms. The Morgan fingerprint density at radius 1 is 1.40 bits per heavy atom. The fraction of sp³-hybridized carbons (Fsp3) is 0.714. The number of rotatable bonds is 4. The van der Waals surface area contributed by atoms with E-state index < -0.39 is 0 Å². The molecule has 0 radical (unpaired) electrons. The van der Waals surface area contributed by atoms with Gasteiger partial charge in [-0.05, 0) is 45.2 Å². The largest absolute Gasteiger partial charge is 0.354 e. The van der Waals surface area contributed by atoms with Crippen molar-refractivity contribution in [3.05, 3.63) is 20.2 Å². The zero-order valence-electron chi connectivity index (χ0n) is 12.4. The van der Waals surface area contributed by atoms with Gasteiger partial charge in [0.1, 0.15) is 6.54 Å². The topological polar surface area (TPSA) is 63.1 Å². The van der Waals surface area contributed by atoms with E-state index in [0.29, 0.717) is 6.54 Å². The molecule has 1 aliphatic heterocycles. The first-order valence-corrected chi connectivity index (χ1v) is 7.87. The number of carbonyl (C=O) groups excluding carboxylic acids is 1. The summed E-state index contributed by atoms with van der Waals surface area (Å²) in [4.78, 5) is 24.7. The van der Waals surface area contributed by atoms with E-state index >= 15 is 0 Å². The molecule has 1 aliphatic rings. The summed E-state index contributed by atoms with van der Waals surface area (Å²) in [7, 11) is 0. The van der Waals surface area contributed by atoms with E-state index in [1.807, 2.05) is 13.8 Å². The van der Waals surface area contributed by atoms with Crippen molar-refractivity contribution in [2.75, 3.05) is 19.6 Å². The lowest BCUT2D eigenvalue weighted by molar-refractivity contribution is -0.122. The van der Waals surface area contributed by atoms with Crippen molar-refractivity contribution in [1.82, 2.24) is 15.2 Å². The first-order chi connectivity index (χ1) is 9.41. The third-order valence-corrected chi connectivity index (χ3v) is 5.20. The van der Waals surface area contributed by atoms with Gasteiger partial charge >= 0.3 is 4.87 Å². The molecule has 2 N–H and O–H groups in total. The number of nitrogens with zero attached hydrogens (tertiary/aromatic N) is 1. The summed E-state index contributed by atoms with van der Waals surface area (Å²) in [5.41, 5.74) is 1.06. The van der Waals surface area contributed by atoms with Gasteiger partial charge in [0.15, 0.2) is 0 Å². The van der Waals surface area contributed by atoms with E-state index in [1.54, 1.807) is 4.57 Å². The van der Waals surface area contributed by atoms with Crippen LogP contribution in [0.2, 0.25) is 0 Å². The number of hydrogen-bond acceptors (Lipinski definition) is 4. The predicted octanol–water partition coefficient (Wildman–Crippen LogP) is 1.03. The fourth-order valence-electron chi connectivity index (χ4n) is 2.49. The lowest BCUT2D eigenvalue weighted by Crippen LogP contribution is -2.44. The van der Waals surface area contributed by atoms with Crippen molar-refractivity contribution in [3.8, 4) is 0 Å². The Balaban J connectivity index is 1.91. The van der Waals surface area contributed by atoms with Crippen LogP contribution < -0.4 is 15.5 Å². The molecular formula is C14H23N3O2S. The van der Waals surface area contributed by atoms with Gasteiger partial charge in [0.05, 0.1) is 0 Å². The van der Waals surface area contributed by atoms with Crippen LogP contribution in [0.15, 0.2) is 4.79 Å². The van der Waals surface area contributed by atoms with Crippen LogP contribution in [-0.2, 0) is 11.3 Å². The molecule has 1 aromatic heterocycles. The van der Waals surface area contributed by atoms with Gasteiger partial charge in [0.25, 0.3) is 0 Å². The molecule has 20 heavy (non-hydrogen) atoms. The van der Waals surface area contributed by atoms with Crippen LogP contribution in [0.1, 0.15) is 30.3 Å². The van der Waals surface area contributed by atoms with Gasteiger partial charge in [-0.25, -0.2) is 0 Å². The monoisotopic (exact) mass is 297 g/mol. The molecule has 1 fully saturated rings. The van der Waals surface area contributed by atoms with E-state index in [4.69, 9.17) is 0 Å². The Hall–Kier alpha value is -1.14. The van der Waals surface area contributed by atoms with E-state index in [0.717, 1.165) is 36.5 Å². The highest BCUT2D eigenvalue weighted by atomic mass is 32.1. The normalized spacial score (nSPS) is 17.9. The summed E-state index contributed by atoms with van der Waals surface area (Å²) in [5, 5.41) is 6.31. The summed E-state index contributed by atoms with van der Waals surface area (Å²) < 4.78 is 1.56. The van der Waals surface area contributed by atoms with Crippen molar-refractivity contribution >= 4 is 17.2 Å². The number of piperidine rings is 1. The maximum Gasteiger partial charge on any atom is 0.308 e. The second-order valence-corrected chi connectivity index (χ2v) is 7.10. The molecule has 0 aromatic carbocycles. The lowest BCUT2D eigenvalue weighted by atomic mass is 9.81. The number of thiazole rings is 1. The second-order valence-electron chi connectivity index (χ2n) is 5.93. The molecule has 5 nitrogen and oxygen atoms in total. The SMILES string of the molecule is Cc1sc(=O)n(CC(=O)NCC2(C)CCNCC2)c1C. The number of aryl methyl sites for hydroxylation is 1. The summed E-state index contributed by atoms with van der Waals surface area (Å²) in [6.45, 7) is 8.83. The van der Waals surface area contributed by atoms with Gasteiger partial charge in [0, 0.05) is 17.1 Å². The van der Waals surface area contributed by atoms with Crippen molar-refractivity contribution < 1.29 is 4.79 Å². The molecule has 1 aromatic rings. The highest BCUT2D eigenvalue weighted by Gasteiger charge is 2.27. The van der Waals surface area contributed by atoms with Crippen LogP contribution in [0.4, 0.5) is 0 Å². The van der Waals surface area contributed by atoms with E-state index in [9.17, 15) is 9.59 Å². The van der Waals surface area contributed by atoms with Crippen LogP contribution in [0, 0.1) is 19.3 Å². The molecular weight excluding hydrogens is 274 g/mol. The van der Waals surface area contributed by atoms with Crippen LogP contribution in [0.3, 0.4) is 0 Å². The van der Waals surface area contributed by atoms with Gasteiger partial charge in [-0.15, -0.1) is 0 Å². The van der Waals surface area contributed by atoms with Crippen molar-refractivity contribution in [3.63, 3.8) is 0 Å². The van der Waals surface area contributed by atoms with Crippen LogP contribution in [0.25, 0.3) is 0 Å². The highest BCUT2D eigenvalue weighted by molar-refractivity contribution is 7.09. The zero-order chi connectivity index (χ0) is 14.8. The average Bonchev–Trinajstić information content (AvgIpc) is 2.64. The average molecular weight is 297 g/mol. The number of carbonyl (C=O) groups is 1. The minimum atomic E-state index is -0.0762. The van der Waals surface area contributed by atoms with Crippen LogP contribution in [0.5, 0.6) is 0 Å². The molecule has 2 heterocycles. The van der Waals surface area contributed by atoms with Crippen molar-refractivity contribution in [1.29, 1.82) is 0 Å². The molecule has 0 unspecified atom stereocenters. The fourth-order valence-corrected chi connectivity index (χ4v) is 3.32. The van der Waals surface area contributed by atoms with Gasteiger partial charge in [-0.2, -0.15) is 0 Å². The molecule has 2 rings (SSSR count). The molecule has 112 valence electrons. The molecule has 6 heteroatoms. The van der Waals surface area contributed by atoms with E-state index in [-0.39, 0.29) is 22.7 Å². The zero-order valence-corrected chi connectivity index (χ0v) is 13.2. The van der Waals surface area contributed by atoms with Gasteiger partial charge in [-0.3, -0.25) is 14.2 Å².